The predicted molar refractivity (Wildman–Crippen MR) is 75.8 cm³/mol. The Bertz CT molecular complexity index is 551. The number of aryl methyl sites for hydroxylation is 1. The Hall–Kier alpha value is -1.74. The zero-order valence-corrected chi connectivity index (χ0v) is 11.0. The largest absolute Gasteiger partial charge is 0.324 e. The summed E-state index contributed by atoms with van der Waals surface area (Å²) in [5.74, 6) is 0.902. The van der Waals surface area contributed by atoms with E-state index in [9.17, 15) is 0 Å². The third kappa shape index (κ3) is 2.82. The lowest BCUT2D eigenvalue weighted by Gasteiger charge is -2.12. The van der Waals surface area contributed by atoms with Gasteiger partial charge < -0.3 is 5.73 Å². The highest BCUT2D eigenvalue weighted by Crippen LogP contribution is 2.25. The number of nitrogens with zero attached hydrogens (tertiary/aromatic N) is 2. The van der Waals surface area contributed by atoms with Gasteiger partial charge in [-0.1, -0.05) is 36.8 Å². The summed E-state index contributed by atoms with van der Waals surface area (Å²) in [6.07, 6.45) is 7.19. The summed E-state index contributed by atoms with van der Waals surface area (Å²) >= 11 is 0. The first kappa shape index (κ1) is 12.3. The van der Waals surface area contributed by atoms with Gasteiger partial charge in [0, 0.05) is 29.9 Å². The molecule has 1 heterocycles. The van der Waals surface area contributed by atoms with E-state index in [-0.39, 0.29) is 6.04 Å². The van der Waals surface area contributed by atoms with Crippen LogP contribution in [-0.2, 0) is 12.8 Å². The third-order valence-electron chi connectivity index (χ3n) is 3.73. The topological polar surface area (TPSA) is 51.8 Å². The van der Waals surface area contributed by atoms with Gasteiger partial charge in [0.25, 0.3) is 0 Å². The van der Waals surface area contributed by atoms with Gasteiger partial charge in [-0.15, -0.1) is 0 Å². The van der Waals surface area contributed by atoms with Gasteiger partial charge in [-0.05, 0) is 24.8 Å². The van der Waals surface area contributed by atoms with Crippen LogP contribution in [0.25, 0.3) is 0 Å². The quantitative estimate of drug-likeness (QED) is 0.837. The second kappa shape index (κ2) is 5.49. The molecule has 0 saturated carbocycles. The highest BCUT2D eigenvalue weighted by atomic mass is 14.9. The van der Waals surface area contributed by atoms with Crippen molar-refractivity contribution in [1.29, 1.82) is 0 Å². The molecule has 3 rings (SSSR count). The van der Waals surface area contributed by atoms with E-state index >= 15 is 0 Å². The molecule has 1 aliphatic carbocycles. The van der Waals surface area contributed by atoms with Crippen LogP contribution in [0.1, 0.15) is 47.9 Å². The molecule has 0 saturated heterocycles. The Labute approximate surface area is 113 Å². The minimum atomic E-state index is 0.114. The lowest BCUT2D eigenvalue weighted by molar-refractivity contribution is 0.614. The van der Waals surface area contributed by atoms with Crippen LogP contribution in [0.4, 0.5) is 0 Å². The number of aromatic nitrogens is 2. The molecule has 0 spiro atoms. The number of fused-ring (bicyclic) bond motifs is 1. The predicted octanol–water partition coefficient (Wildman–Crippen LogP) is 2.79. The maximum absolute atomic E-state index is 6.17. The normalized spacial score (nSPS) is 18.7. The third-order valence-corrected chi connectivity index (χ3v) is 3.73. The molecule has 2 aromatic rings. The van der Waals surface area contributed by atoms with E-state index in [0.717, 1.165) is 36.3 Å². The summed E-state index contributed by atoms with van der Waals surface area (Å²) in [5.41, 5.74) is 9.73. The highest BCUT2D eigenvalue weighted by molar-refractivity contribution is 5.25. The van der Waals surface area contributed by atoms with E-state index in [1.54, 1.807) is 0 Å². The number of hydrogen-bond donors (Lipinski definition) is 1. The Morgan fingerprint density at radius 1 is 1.16 bits per heavy atom. The second-order valence-corrected chi connectivity index (χ2v) is 5.20. The van der Waals surface area contributed by atoms with Crippen molar-refractivity contribution in [2.24, 2.45) is 5.73 Å². The van der Waals surface area contributed by atoms with Crippen LogP contribution >= 0.6 is 0 Å². The fourth-order valence-electron chi connectivity index (χ4n) is 2.65. The Morgan fingerprint density at radius 3 is 2.84 bits per heavy atom. The van der Waals surface area contributed by atoms with Crippen molar-refractivity contribution in [2.45, 2.75) is 38.1 Å². The molecule has 2 N–H and O–H groups in total. The van der Waals surface area contributed by atoms with Crippen LogP contribution in [0.3, 0.4) is 0 Å². The average Bonchev–Trinajstić information content (AvgIpc) is 2.62. The van der Waals surface area contributed by atoms with Crippen molar-refractivity contribution in [3.63, 3.8) is 0 Å². The van der Waals surface area contributed by atoms with Crippen LogP contribution < -0.4 is 5.73 Å². The number of rotatable bonds is 2. The number of benzene rings is 1. The molecule has 0 aliphatic heterocycles. The van der Waals surface area contributed by atoms with Crippen molar-refractivity contribution in [1.82, 2.24) is 9.97 Å². The van der Waals surface area contributed by atoms with Crippen molar-refractivity contribution in [3.8, 4) is 0 Å². The van der Waals surface area contributed by atoms with Gasteiger partial charge in [0.1, 0.15) is 5.82 Å². The summed E-state index contributed by atoms with van der Waals surface area (Å²) in [4.78, 5) is 9.22. The summed E-state index contributed by atoms with van der Waals surface area (Å²) < 4.78 is 0. The Morgan fingerprint density at radius 2 is 2.00 bits per heavy atom. The summed E-state index contributed by atoms with van der Waals surface area (Å²) in [7, 11) is 0. The summed E-state index contributed by atoms with van der Waals surface area (Å²) in [5, 5.41) is 0. The van der Waals surface area contributed by atoms with Gasteiger partial charge >= 0.3 is 0 Å². The second-order valence-electron chi connectivity index (χ2n) is 5.20. The van der Waals surface area contributed by atoms with Gasteiger partial charge in [-0.25, -0.2) is 9.97 Å². The summed E-state index contributed by atoms with van der Waals surface area (Å²) in [6.45, 7) is 0. The minimum absolute atomic E-state index is 0.114. The van der Waals surface area contributed by atoms with E-state index in [1.165, 1.54) is 18.4 Å². The van der Waals surface area contributed by atoms with Gasteiger partial charge in [0.2, 0.25) is 0 Å². The van der Waals surface area contributed by atoms with Crippen LogP contribution in [0.5, 0.6) is 0 Å². The van der Waals surface area contributed by atoms with Crippen LogP contribution in [0.15, 0.2) is 36.5 Å². The van der Waals surface area contributed by atoms with Crippen molar-refractivity contribution < 1.29 is 0 Å². The van der Waals surface area contributed by atoms with E-state index in [2.05, 4.69) is 29.2 Å². The highest BCUT2D eigenvalue weighted by Gasteiger charge is 2.17. The first-order valence-electron chi connectivity index (χ1n) is 6.97. The molecule has 1 aromatic carbocycles. The zero-order chi connectivity index (χ0) is 13.1. The maximum Gasteiger partial charge on any atom is 0.132 e. The molecule has 0 amide bonds. The zero-order valence-electron chi connectivity index (χ0n) is 11.0. The lowest BCUT2D eigenvalue weighted by Crippen LogP contribution is -2.13. The standard InChI is InChI=1S/C16H19N3/c17-14-8-4-5-9-15-13(14)11-18-16(19-15)10-12-6-2-1-3-7-12/h1-3,6-7,11,14H,4-5,8-10,17H2. The molecule has 3 nitrogen and oxygen atoms in total. The molecular formula is C16H19N3. The monoisotopic (exact) mass is 253 g/mol. The molecular weight excluding hydrogens is 234 g/mol. The molecule has 0 bridgehead atoms. The molecule has 19 heavy (non-hydrogen) atoms. The number of nitrogens with two attached hydrogens (primary N) is 1. The van der Waals surface area contributed by atoms with Gasteiger partial charge in [0.15, 0.2) is 0 Å². The van der Waals surface area contributed by atoms with E-state index in [4.69, 9.17) is 10.7 Å². The van der Waals surface area contributed by atoms with Gasteiger partial charge in [-0.2, -0.15) is 0 Å². The summed E-state index contributed by atoms with van der Waals surface area (Å²) in [6, 6.07) is 10.5. The SMILES string of the molecule is NC1CCCCc2nc(Cc3ccccc3)ncc21. The van der Waals surface area contributed by atoms with Crippen molar-refractivity contribution in [2.75, 3.05) is 0 Å². The van der Waals surface area contributed by atoms with E-state index in [0.29, 0.717) is 0 Å². The average molecular weight is 253 g/mol. The van der Waals surface area contributed by atoms with Crippen molar-refractivity contribution in [3.05, 3.63) is 59.2 Å². The molecule has 0 fully saturated rings. The van der Waals surface area contributed by atoms with Crippen LogP contribution in [-0.4, -0.2) is 9.97 Å². The van der Waals surface area contributed by atoms with E-state index < -0.39 is 0 Å². The smallest absolute Gasteiger partial charge is 0.132 e. The number of hydrogen-bond acceptors (Lipinski definition) is 3. The molecule has 98 valence electrons. The molecule has 0 radical (unpaired) electrons. The van der Waals surface area contributed by atoms with Crippen LogP contribution in [0, 0.1) is 0 Å². The van der Waals surface area contributed by atoms with E-state index in [1.807, 2.05) is 12.3 Å². The molecule has 1 unspecified atom stereocenters. The molecule has 1 aromatic heterocycles. The lowest BCUT2D eigenvalue weighted by atomic mass is 10.1. The minimum Gasteiger partial charge on any atom is -0.324 e. The first-order valence-corrected chi connectivity index (χ1v) is 6.97. The van der Waals surface area contributed by atoms with Gasteiger partial charge in [0.05, 0.1) is 0 Å². The van der Waals surface area contributed by atoms with Crippen LogP contribution in [0.2, 0.25) is 0 Å². The molecule has 1 atom stereocenters. The maximum atomic E-state index is 6.17. The Balaban J connectivity index is 1.87. The molecule has 3 heteroatoms. The fraction of sp³-hybridized carbons (Fsp3) is 0.375. The van der Waals surface area contributed by atoms with Gasteiger partial charge in [-0.3, -0.25) is 0 Å². The fourth-order valence-corrected chi connectivity index (χ4v) is 2.65. The molecule has 1 aliphatic rings. The Kier molecular flexibility index (Phi) is 3.56. The first-order chi connectivity index (χ1) is 9.33. The van der Waals surface area contributed by atoms with Crippen molar-refractivity contribution >= 4 is 0 Å².